The Balaban J connectivity index is 1.90. The first-order chi connectivity index (χ1) is 11.8. The average Bonchev–Trinajstić information content (AvgIpc) is 2.85. The third kappa shape index (κ3) is 3.36. The van der Waals surface area contributed by atoms with Crippen molar-refractivity contribution in [3.63, 3.8) is 0 Å². The van der Waals surface area contributed by atoms with E-state index >= 15 is 0 Å². The maximum atomic E-state index is 13.0. The van der Waals surface area contributed by atoms with Crippen LogP contribution >= 0.6 is 11.6 Å². The van der Waals surface area contributed by atoms with Gasteiger partial charge in [-0.3, -0.25) is 19.5 Å². The highest BCUT2D eigenvalue weighted by atomic mass is 35.5. The number of hydrogen-bond donors (Lipinski definition) is 1. The van der Waals surface area contributed by atoms with Crippen molar-refractivity contribution in [3.8, 4) is 0 Å². The van der Waals surface area contributed by atoms with E-state index in [0.29, 0.717) is 0 Å². The standard InChI is InChI=1S/C15H9ClFN3O5/c16-10-5-8(17)1-3-11(10)18-14(21)7-19-12-6-9(20(23)24)2-4-13(12)25-15(19)22/h1-6H,7H2,(H,18,21). The van der Waals surface area contributed by atoms with Crippen molar-refractivity contribution in [2.45, 2.75) is 6.54 Å². The molecule has 0 spiro atoms. The van der Waals surface area contributed by atoms with Crippen molar-refractivity contribution in [1.82, 2.24) is 4.57 Å². The van der Waals surface area contributed by atoms with Crippen molar-refractivity contribution in [2.75, 3.05) is 5.32 Å². The molecular formula is C15H9ClFN3O5. The van der Waals surface area contributed by atoms with Crippen LogP contribution in [-0.4, -0.2) is 15.4 Å². The number of non-ortho nitro benzene ring substituents is 1. The van der Waals surface area contributed by atoms with Gasteiger partial charge in [0.25, 0.3) is 5.69 Å². The van der Waals surface area contributed by atoms with Crippen LogP contribution in [0.4, 0.5) is 15.8 Å². The summed E-state index contributed by atoms with van der Waals surface area (Å²) in [7, 11) is 0. The second kappa shape index (κ2) is 6.36. The molecule has 8 nitrogen and oxygen atoms in total. The highest BCUT2D eigenvalue weighted by Crippen LogP contribution is 2.23. The summed E-state index contributed by atoms with van der Waals surface area (Å²) in [5, 5.41) is 13.3. The zero-order chi connectivity index (χ0) is 18.1. The number of carbonyl (C=O) groups is 1. The van der Waals surface area contributed by atoms with Crippen molar-refractivity contribution in [2.24, 2.45) is 0 Å². The molecule has 3 rings (SSSR count). The van der Waals surface area contributed by atoms with Gasteiger partial charge in [-0.25, -0.2) is 9.18 Å². The van der Waals surface area contributed by atoms with Gasteiger partial charge in [0.05, 0.1) is 21.2 Å². The number of aromatic nitrogens is 1. The first-order valence-electron chi connectivity index (χ1n) is 6.88. The first kappa shape index (κ1) is 16.7. The molecule has 0 saturated carbocycles. The van der Waals surface area contributed by atoms with Crippen LogP contribution < -0.4 is 11.1 Å². The summed E-state index contributed by atoms with van der Waals surface area (Å²) < 4.78 is 18.9. The highest BCUT2D eigenvalue weighted by Gasteiger charge is 2.17. The number of amides is 1. The molecule has 0 aliphatic carbocycles. The molecule has 0 atom stereocenters. The number of hydrogen-bond acceptors (Lipinski definition) is 5. The number of anilines is 1. The van der Waals surface area contributed by atoms with Gasteiger partial charge in [0.1, 0.15) is 12.4 Å². The molecule has 0 aliphatic rings. The highest BCUT2D eigenvalue weighted by molar-refractivity contribution is 6.33. The maximum absolute atomic E-state index is 13.0. The Morgan fingerprint density at radius 1 is 1.32 bits per heavy atom. The van der Waals surface area contributed by atoms with E-state index in [1.54, 1.807) is 0 Å². The predicted molar refractivity (Wildman–Crippen MR) is 87.2 cm³/mol. The zero-order valence-electron chi connectivity index (χ0n) is 12.4. The molecule has 0 fully saturated rings. The Hall–Kier alpha value is -3.20. The molecule has 2 aromatic carbocycles. The number of benzene rings is 2. The van der Waals surface area contributed by atoms with Crippen LogP contribution in [0.5, 0.6) is 0 Å². The third-order valence-corrected chi connectivity index (χ3v) is 3.68. The number of nitro benzene ring substituents is 1. The molecule has 25 heavy (non-hydrogen) atoms. The van der Waals surface area contributed by atoms with Crippen LogP contribution in [-0.2, 0) is 11.3 Å². The van der Waals surface area contributed by atoms with E-state index in [0.717, 1.165) is 22.8 Å². The van der Waals surface area contributed by atoms with E-state index in [4.69, 9.17) is 16.0 Å². The monoisotopic (exact) mass is 365 g/mol. The topological polar surface area (TPSA) is 107 Å². The van der Waals surface area contributed by atoms with E-state index in [1.807, 2.05) is 0 Å². The van der Waals surface area contributed by atoms with Gasteiger partial charge in [-0.05, 0) is 24.3 Å². The fourth-order valence-electron chi connectivity index (χ4n) is 2.24. The lowest BCUT2D eigenvalue weighted by Gasteiger charge is -2.07. The number of nitrogens with zero attached hydrogens (tertiary/aromatic N) is 2. The Morgan fingerprint density at radius 2 is 2.08 bits per heavy atom. The third-order valence-electron chi connectivity index (χ3n) is 3.37. The predicted octanol–water partition coefficient (Wildman–Crippen LogP) is 2.93. The minimum atomic E-state index is -0.837. The summed E-state index contributed by atoms with van der Waals surface area (Å²) in [5.74, 6) is -2.03. The van der Waals surface area contributed by atoms with Crippen LogP contribution in [0.2, 0.25) is 5.02 Å². The van der Waals surface area contributed by atoms with Crippen molar-refractivity contribution in [1.29, 1.82) is 0 Å². The van der Waals surface area contributed by atoms with Crippen LogP contribution in [0.15, 0.2) is 45.6 Å². The van der Waals surface area contributed by atoms with Gasteiger partial charge in [0.15, 0.2) is 5.58 Å². The van der Waals surface area contributed by atoms with Crippen molar-refractivity contribution in [3.05, 3.63) is 67.9 Å². The summed E-state index contributed by atoms with van der Waals surface area (Å²) in [5.41, 5.74) is 0.145. The van der Waals surface area contributed by atoms with Crippen LogP contribution in [0, 0.1) is 15.9 Å². The Morgan fingerprint density at radius 3 is 2.76 bits per heavy atom. The van der Waals surface area contributed by atoms with E-state index in [1.165, 1.54) is 18.2 Å². The Bertz CT molecular complexity index is 1060. The fraction of sp³-hybridized carbons (Fsp3) is 0.0667. The second-order valence-electron chi connectivity index (χ2n) is 5.04. The minimum Gasteiger partial charge on any atom is -0.408 e. The molecule has 0 radical (unpaired) electrons. The largest absolute Gasteiger partial charge is 0.420 e. The minimum absolute atomic E-state index is 0.00612. The Labute approximate surface area is 143 Å². The lowest BCUT2D eigenvalue weighted by atomic mass is 10.3. The summed E-state index contributed by atoms with van der Waals surface area (Å²) in [6.07, 6.45) is 0. The molecule has 1 aromatic heterocycles. The summed E-state index contributed by atoms with van der Waals surface area (Å²) >= 11 is 5.82. The van der Waals surface area contributed by atoms with Gasteiger partial charge >= 0.3 is 5.76 Å². The van der Waals surface area contributed by atoms with Crippen LogP contribution in [0.3, 0.4) is 0 Å². The molecule has 0 aliphatic heterocycles. The Kier molecular flexibility index (Phi) is 4.24. The van der Waals surface area contributed by atoms with Gasteiger partial charge < -0.3 is 9.73 Å². The van der Waals surface area contributed by atoms with Crippen molar-refractivity contribution >= 4 is 40.0 Å². The van der Waals surface area contributed by atoms with Gasteiger partial charge in [0, 0.05) is 12.1 Å². The second-order valence-corrected chi connectivity index (χ2v) is 5.44. The van der Waals surface area contributed by atoms with Crippen molar-refractivity contribution < 1.29 is 18.5 Å². The number of carbonyl (C=O) groups excluding carboxylic acids is 1. The van der Waals surface area contributed by atoms with Crippen LogP contribution in [0.1, 0.15) is 0 Å². The number of rotatable bonds is 4. The summed E-state index contributed by atoms with van der Waals surface area (Å²) in [6, 6.07) is 7.02. The van der Waals surface area contributed by atoms with E-state index in [9.17, 15) is 24.1 Å². The van der Waals surface area contributed by atoms with Gasteiger partial charge in [0.2, 0.25) is 5.91 Å². The number of fused-ring (bicyclic) bond motifs is 1. The maximum Gasteiger partial charge on any atom is 0.420 e. The molecule has 1 amide bonds. The zero-order valence-corrected chi connectivity index (χ0v) is 13.1. The van der Waals surface area contributed by atoms with Gasteiger partial charge in [-0.1, -0.05) is 11.6 Å². The molecule has 128 valence electrons. The lowest BCUT2D eigenvalue weighted by molar-refractivity contribution is -0.384. The average molecular weight is 366 g/mol. The van der Waals surface area contributed by atoms with E-state index < -0.39 is 28.9 Å². The molecular weight excluding hydrogens is 357 g/mol. The molecule has 1 heterocycles. The number of nitro groups is 1. The molecule has 0 unspecified atom stereocenters. The van der Waals surface area contributed by atoms with E-state index in [-0.39, 0.29) is 27.5 Å². The van der Waals surface area contributed by atoms with Gasteiger partial charge in [-0.2, -0.15) is 0 Å². The lowest BCUT2D eigenvalue weighted by Crippen LogP contribution is -2.24. The molecule has 0 bridgehead atoms. The number of nitrogens with one attached hydrogen (secondary N) is 1. The smallest absolute Gasteiger partial charge is 0.408 e. The normalized spacial score (nSPS) is 10.8. The summed E-state index contributed by atoms with van der Waals surface area (Å²) in [4.78, 5) is 34.3. The molecule has 3 aromatic rings. The summed E-state index contributed by atoms with van der Waals surface area (Å²) in [6.45, 7) is -0.458. The fourth-order valence-corrected chi connectivity index (χ4v) is 2.45. The van der Waals surface area contributed by atoms with Gasteiger partial charge in [-0.15, -0.1) is 0 Å². The molecule has 1 N–H and O–H groups in total. The number of oxazole rings is 1. The molecule has 0 saturated heterocycles. The SMILES string of the molecule is O=C(Cn1c(=O)oc2ccc([N+](=O)[O-])cc21)Nc1ccc(F)cc1Cl. The first-order valence-corrected chi connectivity index (χ1v) is 7.25. The number of halogens is 2. The van der Waals surface area contributed by atoms with Crippen LogP contribution in [0.25, 0.3) is 11.1 Å². The van der Waals surface area contributed by atoms with E-state index in [2.05, 4.69) is 5.32 Å². The quantitative estimate of drug-likeness (QED) is 0.565. The molecule has 10 heteroatoms.